The molecule has 126 valence electrons. The predicted octanol–water partition coefficient (Wildman–Crippen LogP) is 2.53. The maximum atomic E-state index is 10.4. The van der Waals surface area contributed by atoms with E-state index in [1.807, 2.05) is 18.2 Å². The SMILES string of the molecule is COc1cc(-c2ccc3c(O)n(-c4cn[nH]c4)cc3n2)cnc1OC. The molecule has 25 heavy (non-hydrogen) atoms. The number of pyridine rings is 2. The summed E-state index contributed by atoms with van der Waals surface area (Å²) in [6.07, 6.45) is 6.74. The summed E-state index contributed by atoms with van der Waals surface area (Å²) < 4.78 is 12.1. The molecular weight excluding hydrogens is 322 g/mol. The summed E-state index contributed by atoms with van der Waals surface area (Å²) in [6, 6.07) is 5.46. The van der Waals surface area contributed by atoms with E-state index < -0.39 is 0 Å². The average molecular weight is 337 g/mol. The fraction of sp³-hybridized carbons (Fsp3) is 0.118. The lowest BCUT2D eigenvalue weighted by Gasteiger charge is -2.08. The first-order chi connectivity index (χ1) is 12.2. The van der Waals surface area contributed by atoms with Gasteiger partial charge in [0.1, 0.15) is 0 Å². The fourth-order valence-corrected chi connectivity index (χ4v) is 2.68. The van der Waals surface area contributed by atoms with Crippen LogP contribution in [0.5, 0.6) is 17.5 Å². The first-order valence-corrected chi connectivity index (χ1v) is 7.50. The molecule has 0 saturated carbocycles. The quantitative estimate of drug-likeness (QED) is 0.594. The number of methoxy groups -OCH3 is 2. The lowest BCUT2D eigenvalue weighted by atomic mass is 10.1. The van der Waals surface area contributed by atoms with Crippen molar-refractivity contribution < 1.29 is 14.6 Å². The zero-order valence-electron chi connectivity index (χ0n) is 13.6. The van der Waals surface area contributed by atoms with Crippen molar-refractivity contribution in [1.29, 1.82) is 0 Å². The molecule has 8 nitrogen and oxygen atoms in total. The summed E-state index contributed by atoms with van der Waals surface area (Å²) in [6.45, 7) is 0. The third-order valence-corrected chi connectivity index (χ3v) is 3.93. The molecule has 4 heterocycles. The number of hydrogen-bond acceptors (Lipinski definition) is 6. The molecule has 0 fully saturated rings. The molecule has 0 spiro atoms. The molecule has 0 unspecified atom stereocenters. The molecule has 4 aromatic heterocycles. The monoisotopic (exact) mass is 337 g/mol. The van der Waals surface area contributed by atoms with E-state index in [1.54, 1.807) is 36.5 Å². The number of nitrogens with one attached hydrogen (secondary N) is 1. The lowest BCUT2D eigenvalue weighted by molar-refractivity contribution is 0.343. The van der Waals surface area contributed by atoms with Crippen LogP contribution in [0, 0.1) is 0 Å². The van der Waals surface area contributed by atoms with Crippen LogP contribution in [0.15, 0.2) is 43.0 Å². The number of H-pyrrole nitrogens is 1. The predicted molar refractivity (Wildman–Crippen MR) is 91.2 cm³/mol. The van der Waals surface area contributed by atoms with Crippen molar-refractivity contribution in [3.63, 3.8) is 0 Å². The van der Waals surface area contributed by atoms with E-state index in [0.717, 1.165) is 11.3 Å². The van der Waals surface area contributed by atoms with Crippen LogP contribution in [-0.4, -0.2) is 44.1 Å². The van der Waals surface area contributed by atoms with Gasteiger partial charge in [-0.15, -0.1) is 0 Å². The van der Waals surface area contributed by atoms with Crippen molar-refractivity contribution >= 4 is 10.9 Å². The van der Waals surface area contributed by atoms with Crippen LogP contribution in [-0.2, 0) is 0 Å². The normalized spacial score (nSPS) is 11.0. The molecule has 0 radical (unpaired) electrons. The van der Waals surface area contributed by atoms with Crippen molar-refractivity contribution in [3.8, 4) is 34.5 Å². The highest BCUT2D eigenvalue weighted by Gasteiger charge is 2.14. The number of hydrogen-bond donors (Lipinski definition) is 2. The number of aromatic amines is 1. The minimum atomic E-state index is 0.112. The Bertz CT molecular complexity index is 1040. The summed E-state index contributed by atoms with van der Waals surface area (Å²) in [5.41, 5.74) is 2.89. The molecule has 0 aliphatic carbocycles. The Kier molecular flexibility index (Phi) is 3.50. The zero-order chi connectivity index (χ0) is 17.4. The minimum Gasteiger partial charge on any atom is -0.494 e. The first-order valence-electron chi connectivity index (χ1n) is 7.50. The Balaban J connectivity index is 1.82. The Hall–Kier alpha value is -3.55. The number of fused-ring (bicyclic) bond motifs is 1. The minimum absolute atomic E-state index is 0.112. The molecule has 4 rings (SSSR count). The van der Waals surface area contributed by atoms with Gasteiger partial charge in [-0.1, -0.05) is 0 Å². The second-order valence-electron chi connectivity index (χ2n) is 5.34. The van der Waals surface area contributed by atoms with E-state index in [4.69, 9.17) is 9.47 Å². The standard InChI is InChI=1S/C17H15N5O3/c1-24-15-5-10(6-18-16(15)25-2)13-4-3-12-14(21-13)9-22(17(12)23)11-7-19-20-8-11/h3-9,23H,1-2H3,(H,19,20). The van der Waals surface area contributed by atoms with Crippen LogP contribution in [0.1, 0.15) is 0 Å². The van der Waals surface area contributed by atoms with E-state index in [1.165, 1.54) is 7.11 Å². The summed E-state index contributed by atoms with van der Waals surface area (Å²) in [5, 5.41) is 17.7. The molecule has 0 atom stereocenters. The molecule has 4 aromatic rings. The van der Waals surface area contributed by atoms with Crippen molar-refractivity contribution in [3.05, 3.63) is 43.0 Å². The zero-order valence-corrected chi connectivity index (χ0v) is 13.6. The number of nitrogens with zero attached hydrogens (tertiary/aromatic N) is 4. The lowest BCUT2D eigenvalue weighted by Crippen LogP contribution is -1.94. The Morgan fingerprint density at radius 2 is 2.04 bits per heavy atom. The maximum Gasteiger partial charge on any atom is 0.256 e. The average Bonchev–Trinajstić information content (AvgIpc) is 3.29. The van der Waals surface area contributed by atoms with Crippen LogP contribution in [0.25, 0.3) is 27.8 Å². The highest BCUT2D eigenvalue weighted by molar-refractivity contribution is 5.87. The van der Waals surface area contributed by atoms with Gasteiger partial charge in [-0.05, 0) is 18.2 Å². The van der Waals surface area contributed by atoms with Crippen LogP contribution >= 0.6 is 0 Å². The van der Waals surface area contributed by atoms with Gasteiger partial charge in [-0.25, -0.2) is 9.97 Å². The molecule has 0 aliphatic heterocycles. The van der Waals surface area contributed by atoms with Crippen molar-refractivity contribution in [2.24, 2.45) is 0 Å². The van der Waals surface area contributed by atoms with Gasteiger partial charge in [0.25, 0.3) is 5.88 Å². The van der Waals surface area contributed by atoms with Crippen LogP contribution in [0.3, 0.4) is 0 Å². The molecular formula is C17H15N5O3. The van der Waals surface area contributed by atoms with Crippen molar-refractivity contribution in [2.45, 2.75) is 0 Å². The van der Waals surface area contributed by atoms with E-state index >= 15 is 0 Å². The van der Waals surface area contributed by atoms with Gasteiger partial charge < -0.3 is 14.6 Å². The smallest absolute Gasteiger partial charge is 0.256 e. The van der Waals surface area contributed by atoms with E-state index in [2.05, 4.69) is 20.2 Å². The molecule has 0 aromatic carbocycles. The van der Waals surface area contributed by atoms with E-state index in [-0.39, 0.29) is 5.88 Å². The van der Waals surface area contributed by atoms with Crippen molar-refractivity contribution in [2.75, 3.05) is 14.2 Å². The van der Waals surface area contributed by atoms with Crippen LogP contribution in [0.2, 0.25) is 0 Å². The van der Waals surface area contributed by atoms with Crippen LogP contribution in [0.4, 0.5) is 0 Å². The van der Waals surface area contributed by atoms with E-state index in [9.17, 15) is 5.11 Å². The number of aromatic hydroxyl groups is 1. The third kappa shape index (κ3) is 2.44. The van der Waals surface area contributed by atoms with Crippen molar-refractivity contribution in [1.82, 2.24) is 24.7 Å². The Morgan fingerprint density at radius 1 is 1.16 bits per heavy atom. The Morgan fingerprint density at radius 3 is 2.76 bits per heavy atom. The van der Waals surface area contributed by atoms with E-state index in [0.29, 0.717) is 28.2 Å². The molecule has 0 amide bonds. The van der Waals surface area contributed by atoms with Gasteiger partial charge in [-0.3, -0.25) is 9.67 Å². The van der Waals surface area contributed by atoms with Gasteiger partial charge in [0.05, 0.1) is 42.7 Å². The van der Waals surface area contributed by atoms with Gasteiger partial charge in [0.15, 0.2) is 5.75 Å². The Labute approximate surface area is 142 Å². The topological polar surface area (TPSA) is 98.1 Å². The molecule has 8 heteroatoms. The fourth-order valence-electron chi connectivity index (χ4n) is 2.68. The largest absolute Gasteiger partial charge is 0.494 e. The summed E-state index contributed by atoms with van der Waals surface area (Å²) >= 11 is 0. The molecule has 0 bridgehead atoms. The second-order valence-corrected chi connectivity index (χ2v) is 5.34. The molecule has 0 saturated heterocycles. The first kappa shape index (κ1) is 15.0. The summed E-state index contributed by atoms with van der Waals surface area (Å²) in [4.78, 5) is 8.85. The van der Waals surface area contributed by atoms with Gasteiger partial charge in [-0.2, -0.15) is 5.10 Å². The number of ether oxygens (including phenoxy) is 2. The third-order valence-electron chi connectivity index (χ3n) is 3.93. The van der Waals surface area contributed by atoms with Gasteiger partial charge in [0, 0.05) is 24.2 Å². The maximum absolute atomic E-state index is 10.4. The van der Waals surface area contributed by atoms with Crippen LogP contribution < -0.4 is 9.47 Å². The summed E-state index contributed by atoms with van der Waals surface area (Å²) in [5.74, 6) is 1.05. The number of aromatic nitrogens is 5. The second kappa shape index (κ2) is 5.82. The molecule has 0 aliphatic rings. The van der Waals surface area contributed by atoms with Gasteiger partial charge in [0.2, 0.25) is 5.88 Å². The molecule has 2 N–H and O–H groups in total. The summed E-state index contributed by atoms with van der Waals surface area (Å²) in [7, 11) is 3.10. The highest BCUT2D eigenvalue weighted by Crippen LogP contribution is 2.33. The highest BCUT2D eigenvalue weighted by atomic mass is 16.5. The number of rotatable bonds is 4. The van der Waals surface area contributed by atoms with Gasteiger partial charge >= 0.3 is 0 Å².